The first kappa shape index (κ1) is 11.3. The van der Waals surface area contributed by atoms with Crippen LogP contribution in [0.4, 0.5) is 0 Å². The van der Waals surface area contributed by atoms with Crippen molar-refractivity contribution >= 4 is 23.2 Å². The Morgan fingerprint density at radius 1 is 1.38 bits per heavy atom. The molecule has 1 atom stereocenters. The molecule has 1 aromatic heterocycles. The lowest BCUT2D eigenvalue weighted by atomic mass is 10.2. The maximum Gasteiger partial charge on any atom is 0.229 e. The van der Waals surface area contributed by atoms with Crippen molar-refractivity contribution in [1.82, 2.24) is 4.90 Å². The molecule has 0 bridgehead atoms. The van der Waals surface area contributed by atoms with Crippen molar-refractivity contribution in [2.45, 2.75) is 25.8 Å². The number of carbonyl (C=O) groups excluding carboxylic acids is 2. The number of nitrogens with zero attached hydrogens (tertiary/aromatic N) is 1. The Labute approximate surface area is 98.0 Å². The molecule has 86 valence electrons. The number of rotatable bonds is 3. The van der Waals surface area contributed by atoms with Gasteiger partial charge in [0.25, 0.3) is 0 Å². The zero-order chi connectivity index (χ0) is 11.7. The SMILES string of the molecule is Cc1ccc(C(N)CN2C(=O)CCC2=O)s1. The maximum atomic E-state index is 11.4. The molecular weight excluding hydrogens is 224 g/mol. The molecule has 2 heterocycles. The summed E-state index contributed by atoms with van der Waals surface area (Å²) in [6, 6.07) is 3.69. The summed E-state index contributed by atoms with van der Waals surface area (Å²) < 4.78 is 0. The first-order valence-corrected chi connectivity index (χ1v) is 6.04. The number of amides is 2. The molecule has 2 rings (SSSR count). The summed E-state index contributed by atoms with van der Waals surface area (Å²) in [4.78, 5) is 26.3. The number of hydrogen-bond donors (Lipinski definition) is 1. The van der Waals surface area contributed by atoms with Crippen LogP contribution in [0.25, 0.3) is 0 Å². The number of aryl methyl sites for hydroxylation is 1. The standard InChI is InChI=1S/C11H14N2O2S/c1-7-2-3-9(16-7)8(12)6-13-10(14)4-5-11(13)15/h2-3,8H,4-6,12H2,1H3. The lowest BCUT2D eigenvalue weighted by Crippen LogP contribution is -2.35. The average Bonchev–Trinajstić information content (AvgIpc) is 2.79. The Morgan fingerprint density at radius 3 is 2.50 bits per heavy atom. The summed E-state index contributed by atoms with van der Waals surface area (Å²) in [5.41, 5.74) is 5.98. The van der Waals surface area contributed by atoms with Gasteiger partial charge in [-0.15, -0.1) is 11.3 Å². The van der Waals surface area contributed by atoms with Crippen LogP contribution >= 0.6 is 11.3 Å². The zero-order valence-electron chi connectivity index (χ0n) is 9.10. The first-order valence-electron chi connectivity index (χ1n) is 5.23. The fourth-order valence-electron chi connectivity index (χ4n) is 1.77. The van der Waals surface area contributed by atoms with E-state index in [9.17, 15) is 9.59 Å². The summed E-state index contributed by atoms with van der Waals surface area (Å²) in [7, 11) is 0. The molecule has 2 amide bonds. The lowest BCUT2D eigenvalue weighted by molar-refractivity contribution is -0.138. The highest BCUT2D eigenvalue weighted by atomic mass is 32.1. The second-order valence-electron chi connectivity index (χ2n) is 3.95. The molecule has 0 aliphatic carbocycles. The van der Waals surface area contributed by atoms with E-state index < -0.39 is 0 Å². The van der Waals surface area contributed by atoms with E-state index in [1.807, 2.05) is 19.1 Å². The Hall–Kier alpha value is -1.20. The van der Waals surface area contributed by atoms with E-state index in [0.717, 1.165) is 4.88 Å². The summed E-state index contributed by atoms with van der Waals surface area (Å²) in [6.45, 7) is 2.31. The van der Waals surface area contributed by atoms with Gasteiger partial charge in [0.15, 0.2) is 0 Å². The van der Waals surface area contributed by atoms with Crippen molar-refractivity contribution in [2.75, 3.05) is 6.54 Å². The molecule has 1 aromatic rings. The molecule has 1 fully saturated rings. The van der Waals surface area contributed by atoms with Gasteiger partial charge in [-0.2, -0.15) is 0 Å². The second kappa shape index (κ2) is 4.35. The van der Waals surface area contributed by atoms with Gasteiger partial charge in [-0.05, 0) is 19.1 Å². The largest absolute Gasteiger partial charge is 0.322 e. The highest BCUT2D eigenvalue weighted by Gasteiger charge is 2.30. The smallest absolute Gasteiger partial charge is 0.229 e. The van der Waals surface area contributed by atoms with Gasteiger partial charge < -0.3 is 5.73 Å². The number of likely N-dealkylation sites (tertiary alicyclic amines) is 1. The summed E-state index contributed by atoms with van der Waals surface area (Å²) in [5.74, 6) is -0.206. The van der Waals surface area contributed by atoms with E-state index >= 15 is 0 Å². The van der Waals surface area contributed by atoms with Gasteiger partial charge in [-0.25, -0.2) is 0 Å². The molecule has 5 heteroatoms. The first-order chi connectivity index (χ1) is 7.58. The van der Waals surface area contributed by atoms with Gasteiger partial charge in [0.05, 0.1) is 6.04 Å². The van der Waals surface area contributed by atoms with E-state index in [2.05, 4.69) is 0 Å². The van der Waals surface area contributed by atoms with E-state index in [-0.39, 0.29) is 17.9 Å². The van der Waals surface area contributed by atoms with E-state index in [1.165, 1.54) is 9.78 Å². The van der Waals surface area contributed by atoms with Crippen molar-refractivity contribution in [3.8, 4) is 0 Å². The van der Waals surface area contributed by atoms with E-state index in [4.69, 9.17) is 5.73 Å². The Kier molecular flexibility index (Phi) is 3.07. The van der Waals surface area contributed by atoms with Crippen LogP contribution in [0.5, 0.6) is 0 Å². The molecule has 2 N–H and O–H groups in total. The summed E-state index contributed by atoms with van der Waals surface area (Å²) in [6.07, 6.45) is 0.657. The van der Waals surface area contributed by atoms with Crippen LogP contribution in [-0.2, 0) is 9.59 Å². The molecule has 1 aliphatic rings. The van der Waals surface area contributed by atoms with Crippen molar-refractivity contribution < 1.29 is 9.59 Å². The number of imide groups is 1. The van der Waals surface area contributed by atoms with Gasteiger partial charge in [0, 0.05) is 29.1 Å². The highest BCUT2D eigenvalue weighted by molar-refractivity contribution is 7.12. The van der Waals surface area contributed by atoms with Gasteiger partial charge in [-0.3, -0.25) is 14.5 Å². The Balaban J connectivity index is 2.04. The molecule has 4 nitrogen and oxygen atoms in total. The van der Waals surface area contributed by atoms with Crippen molar-refractivity contribution in [3.63, 3.8) is 0 Å². The highest BCUT2D eigenvalue weighted by Crippen LogP contribution is 2.23. The molecule has 1 saturated heterocycles. The number of thiophene rings is 1. The molecule has 0 saturated carbocycles. The quantitative estimate of drug-likeness (QED) is 0.805. The van der Waals surface area contributed by atoms with Gasteiger partial charge in [0.2, 0.25) is 11.8 Å². The molecule has 1 aliphatic heterocycles. The van der Waals surface area contributed by atoms with Crippen LogP contribution in [0.3, 0.4) is 0 Å². The Bertz CT molecular complexity index is 411. The maximum absolute atomic E-state index is 11.4. The normalized spacial score (nSPS) is 18.2. The number of nitrogens with two attached hydrogens (primary N) is 1. The van der Waals surface area contributed by atoms with Crippen LogP contribution < -0.4 is 5.73 Å². The number of carbonyl (C=O) groups is 2. The van der Waals surface area contributed by atoms with Crippen LogP contribution in [-0.4, -0.2) is 23.3 Å². The molecule has 0 spiro atoms. The van der Waals surface area contributed by atoms with E-state index in [1.54, 1.807) is 11.3 Å². The third-order valence-electron chi connectivity index (χ3n) is 2.66. The fraction of sp³-hybridized carbons (Fsp3) is 0.455. The van der Waals surface area contributed by atoms with Crippen molar-refractivity contribution in [3.05, 3.63) is 21.9 Å². The summed E-state index contributed by atoms with van der Waals surface area (Å²) in [5, 5.41) is 0. The van der Waals surface area contributed by atoms with Gasteiger partial charge in [-0.1, -0.05) is 0 Å². The minimum absolute atomic E-state index is 0.103. The monoisotopic (exact) mass is 238 g/mol. The van der Waals surface area contributed by atoms with Crippen LogP contribution in [0.15, 0.2) is 12.1 Å². The second-order valence-corrected chi connectivity index (χ2v) is 5.27. The van der Waals surface area contributed by atoms with Crippen molar-refractivity contribution in [1.29, 1.82) is 0 Å². The van der Waals surface area contributed by atoms with Crippen molar-refractivity contribution in [2.24, 2.45) is 5.73 Å². The predicted octanol–water partition coefficient (Wildman–Crippen LogP) is 1.21. The lowest BCUT2D eigenvalue weighted by Gasteiger charge is -2.18. The van der Waals surface area contributed by atoms with Gasteiger partial charge >= 0.3 is 0 Å². The van der Waals surface area contributed by atoms with Crippen LogP contribution in [0.2, 0.25) is 0 Å². The molecule has 1 unspecified atom stereocenters. The summed E-state index contributed by atoms with van der Waals surface area (Å²) >= 11 is 1.61. The predicted molar refractivity (Wildman–Crippen MR) is 61.9 cm³/mol. The average molecular weight is 238 g/mol. The van der Waals surface area contributed by atoms with E-state index in [0.29, 0.717) is 19.4 Å². The van der Waals surface area contributed by atoms with Crippen LogP contribution in [0, 0.1) is 6.92 Å². The molecule has 0 radical (unpaired) electrons. The minimum atomic E-state index is -0.260. The molecular formula is C11H14N2O2S. The van der Waals surface area contributed by atoms with Gasteiger partial charge in [0.1, 0.15) is 0 Å². The topological polar surface area (TPSA) is 63.4 Å². The number of hydrogen-bond acceptors (Lipinski definition) is 4. The third-order valence-corrected chi connectivity index (χ3v) is 3.79. The Morgan fingerprint density at radius 2 is 2.00 bits per heavy atom. The fourth-order valence-corrected chi connectivity index (χ4v) is 2.64. The molecule has 16 heavy (non-hydrogen) atoms. The third kappa shape index (κ3) is 2.15. The van der Waals surface area contributed by atoms with Crippen LogP contribution in [0.1, 0.15) is 28.6 Å². The zero-order valence-corrected chi connectivity index (χ0v) is 9.92. The molecule has 0 aromatic carbocycles. The minimum Gasteiger partial charge on any atom is -0.322 e.